The average Bonchev–Trinajstić information content (AvgIpc) is 3.33. The highest BCUT2D eigenvalue weighted by atomic mass is 32.1. The zero-order valence-corrected chi connectivity index (χ0v) is 15.6. The van der Waals surface area contributed by atoms with E-state index in [0.29, 0.717) is 0 Å². The standard InChI is InChI=1S/C23H14N4S/c1-2-7-15(8-3-1)27-20-14-25-24-13-19(20)26-23(27)18-11-6-10-17-16-9-4-5-12-21(16)28-22(17)18/h1-14H. The Morgan fingerprint density at radius 2 is 1.50 bits per heavy atom. The van der Waals surface area contributed by atoms with Gasteiger partial charge >= 0.3 is 0 Å². The third kappa shape index (κ3) is 2.20. The van der Waals surface area contributed by atoms with Gasteiger partial charge in [-0.2, -0.15) is 10.2 Å². The maximum Gasteiger partial charge on any atom is 0.147 e. The third-order valence-corrected chi connectivity index (χ3v) is 6.25. The van der Waals surface area contributed by atoms with Gasteiger partial charge in [0.25, 0.3) is 0 Å². The van der Waals surface area contributed by atoms with Crippen molar-refractivity contribution in [3.63, 3.8) is 0 Å². The van der Waals surface area contributed by atoms with E-state index in [2.05, 4.69) is 69.4 Å². The number of para-hydroxylation sites is 1. The molecule has 5 heteroatoms. The van der Waals surface area contributed by atoms with E-state index < -0.39 is 0 Å². The molecule has 28 heavy (non-hydrogen) atoms. The number of hydrogen-bond acceptors (Lipinski definition) is 4. The van der Waals surface area contributed by atoms with Gasteiger partial charge in [-0.3, -0.25) is 4.57 Å². The van der Waals surface area contributed by atoms with E-state index in [1.807, 2.05) is 29.5 Å². The Balaban J connectivity index is 1.74. The molecule has 3 heterocycles. The lowest BCUT2D eigenvalue weighted by molar-refractivity contribution is 1.03. The third-order valence-electron chi connectivity index (χ3n) is 5.03. The van der Waals surface area contributed by atoms with Crippen molar-refractivity contribution in [3.05, 3.63) is 85.2 Å². The molecule has 3 aromatic carbocycles. The van der Waals surface area contributed by atoms with Gasteiger partial charge in [-0.1, -0.05) is 48.5 Å². The molecular formula is C23H14N4S. The summed E-state index contributed by atoms with van der Waals surface area (Å²) in [7, 11) is 0. The summed E-state index contributed by atoms with van der Waals surface area (Å²) in [5.74, 6) is 0.910. The summed E-state index contributed by atoms with van der Waals surface area (Å²) in [6, 6.07) is 25.3. The van der Waals surface area contributed by atoms with E-state index in [-0.39, 0.29) is 0 Å². The number of rotatable bonds is 2. The second-order valence-corrected chi connectivity index (χ2v) is 7.70. The Bertz CT molecular complexity index is 1460. The van der Waals surface area contributed by atoms with Crippen LogP contribution in [0.4, 0.5) is 0 Å². The van der Waals surface area contributed by atoms with Crippen molar-refractivity contribution in [1.29, 1.82) is 0 Å². The zero-order valence-electron chi connectivity index (χ0n) is 14.8. The SMILES string of the molecule is c1ccc(-n2c(-c3cccc4c3sc3ccccc34)nc3cnncc32)cc1. The minimum Gasteiger partial charge on any atom is -0.291 e. The molecule has 0 atom stereocenters. The van der Waals surface area contributed by atoms with Gasteiger partial charge in [0, 0.05) is 31.4 Å². The molecule has 6 rings (SSSR count). The minimum absolute atomic E-state index is 0.840. The summed E-state index contributed by atoms with van der Waals surface area (Å²) in [6.45, 7) is 0. The van der Waals surface area contributed by atoms with E-state index in [9.17, 15) is 0 Å². The maximum absolute atomic E-state index is 4.95. The molecule has 6 aromatic rings. The van der Waals surface area contributed by atoms with Crippen LogP contribution in [0.5, 0.6) is 0 Å². The van der Waals surface area contributed by atoms with Crippen LogP contribution in [-0.2, 0) is 0 Å². The Labute approximate surface area is 164 Å². The first-order valence-electron chi connectivity index (χ1n) is 9.05. The van der Waals surface area contributed by atoms with Crippen LogP contribution in [0.2, 0.25) is 0 Å². The van der Waals surface area contributed by atoms with Gasteiger partial charge in [0.15, 0.2) is 0 Å². The van der Waals surface area contributed by atoms with Crippen molar-refractivity contribution in [2.24, 2.45) is 0 Å². The lowest BCUT2D eigenvalue weighted by atomic mass is 10.1. The van der Waals surface area contributed by atoms with E-state index in [1.54, 1.807) is 12.4 Å². The molecule has 0 aliphatic heterocycles. The fourth-order valence-electron chi connectivity index (χ4n) is 3.79. The molecule has 0 amide bonds. The van der Waals surface area contributed by atoms with Gasteiger partial charge < -0.3 is 0 Å². The number of thiophene rings is 1. The molecule has 4 nitrogen and oxygen atoms in total. The molecule has 0 spiro atoms. The van der Waals surface area contributed by atoms with E-state index in [4.69, 9.17) is 4.98 Å². The molecule has 132 valence electrons. The fraction of sp³-hybridized carbons (Fsp3) is 0. The van der Waals surface area contributed by atoms with E-state index >= 15 is 0 Å². The zero-order chi connectivity index (χ0) is 18.5. The first kappa shape index (κ1) is 15.5. The highest BCUT2D eigenvalue weighted by Gasteiger charge is 2.18. The van der Waals surface area contributed by atoms with Crippen LogP contribution in [0.3, 0.4) is 0 Å². The van der Waals surface area contributed by atoms with Crippen LogP contribution in [0, 0.1) is 0 Å². The Kier molecular flexibility index (Phi) is 3.30. The fourth-order valence-corrected chi connectivity index (χ4v) is 5.00. The van der Waals surface area contributed by atoms with Crippen LogP contribution in [-0.4, -0.2) is 19.7 Å². The van der Waals surface area contributed by atoms with Crippen molar-refractivity contribution in [3.8, 4) is 17.1 Å². The molecule has 0 aliphatic carbocycles. The van der Waals surface area contributed by atoms with Gasteiger partial charge in [-0.15, -0.1) is 11.3 Å². The highest BCUT2D eigenvalue weighted by molar-refractivity contribution is 7.26. The van der Waals surface area contributed by atoms with Gasteiger partial charge in [-0.25, -0.2) is 4.98 Å². The average molecular weight is 378 g/mol. The summed E-state index contributed by atoms with van der Waals surface area (Å²) in [5.41, 5.74) is 3.98. The summed E-state index contributed by atoms with van der Waals surface area (Å²) in [4.78, 5) is 4.95. The maximum atomic E-state index is 4.95. The number of hydrogen-bond donors (Lipinski definition) is 0. The molecule has 0 bridgehead atoms. The van der Waals surface area contributed by atoms with Gasteiger partial charge in [0.1, 0.15) is 11.3 Å². The van der Waals surface area contributed by atoms with Gasteiger partial charge in [-0.05, 0) is 24.3 Å². The van der Waals surface area contributed by atoms with Crippen LogP contribution >= 0.6 is 11.3 Å². The highest BCUT2D eigenvalue weighted by Crippen LogP contribution is 2.40. The second-order valence-electron chi connectivity index (χ2n) is 6.65. The Morgan fingerprint density at radius 3 is 2.43 bits per heavy atom. The molecule has 0 saturated carbocycles. The van der Waals surface area contributed by atoms with Crippen LogP contribution in [0.15, 0.2) is 85.2 Å². The summed E-state index contributed by atoms with van der Waals surface area (Å²) in [5, 5.41) is 10.7. The number of benzene rings is 3. The summed E-state index contributed by atoms with van der Waals surface area (Å²) >= 11 is 1.81. The quantitative estimate of drug-likeness (QED) is 0.379. The van der Waals surface area contributed by atoms with Crippen LogP contribution in [0.25, 0.3) is 48.3 Å². The van der Waals surface area contributed by atoms with Crippen molar-refractivity contribution >= 4 is 42.5 Å². The van der Waals surface area contributed by atoms with Crippen molar-refractivity contribution < 1.29 is 0 Å². The predicted molar refractivity (Wildman–Crippen MR) is 115 cm³/mol. The molecule has 0 radical (unpaired) electrons. The second kappa shape index (κ2) is 5.97. The minimum atomic E-state index is 0.840. The lowest BCUT2D eigenvalue weighted by Crippen LogP contribution is -1.97. The first-order valence-corrected chi connectivity index (χ1v) is 9.87. The van der Waals surface area contributed by atoms with E-state index in [0.717, 1.165) is 28.1 Å². The number of fused-ring (bicyclic) bond motifs is 4. The summed E-state index contributed by atoms with van der Waals surface area (Å²) < 4.78 is 4.70. The summed E-state index contributed by atoms with van der Waals surface area (Å²) in [6.07, 6.45) is 3.51. The topological polar surface area (TPSA) is 43.6 Å². The number of nitrogens with zero attached hydrogens (tertiary/aromatic N) is 4. The smallest absolute Gasteiger partial charge is 0.147 e. The van der Waals surface area contributed by atoms with Gasteiger partial charge in [0.2, 0.25) is 0 Å². The molecule has 0 saturated heterocycles. The number of aromatic nitrogens is 4. The molecular weight excluding hydrogens is 364 g/mol. The normalized spacial score (nSPS) is 11.6. The Hall–Kier alpha value is -3.57. The molecule has 0 fully saturated rings. The predicted octanol–water partition coefficient (Wildman–Crippen LogP) is 5.85. The van der Waals surface area contributed by atoms with Crippen molar-refractivity contribution in [1.82, 2.24) is 19.7 Å². The molecule has 0 N–H and O–H groups in total. The molecule has 3 aromatic heterocycles. The van der Waals surface area contributed by atoms with Gasteiger partial charge in [0.05, 0.1) is 17.9 Å². The van der Waals surface area contributed by atoms with E-state index in [1.165, 1.54) is 20.2 Å². The Morgan fingerprint density at radius 1 is 0.714 bits per heavy atom. The monoisotopic (exact) mass is 378 g/mol. The first-order chi connectivity index (χ1) is 13.9. The largest absolute Gasteiger partial charge is 0.291 e. The van der Waals surface area contributed by atoms with Crippen molar-refractivity contribution in [2.75, 3.05) is 0 Å². The number of imidazole rings is 1. The van der Waals surface area contributed by atoms with Crippen LogP contribution < -0.4 is 0 Å². The molecule has 0 unspecified atom stereocenters. The lowest BCUT2D eigenvalue weighted by Gasteiger charge is -2.10. The molecule has 0 aliphatic rings. The van der Waals surface area contributed by atoms with Crippen molar-refractivity contribution in [2.45, 2.75) is 0 Å². The van der Waals surface area contributed by atoms with Crippen LogP contribution in [0.1, 0.15) is 0 Å².